The molecule has 3 rings (SSSR count). The van der Waals surface area contributed by atoms with Gasteiger partial charge >= 0.3 is 5.97 Å². The number of ketones is 1. The van der Waals surface area contributed by atoms with Crippen LogP contribution < -0.4 is 11.1 Å². The van der Waals surface area contributed by atoms with Gasteiger partial charge in [-0.05, 0) is 64.2 Å². The van der Waals surface area contributed by atoms with E-state index in [1.54, 1.807) is 55.5 Å². The van der Waals surface area contributed by atoms with E-state index in [2.05, 4.69) is 5.32 Å². The molecule has 0 saturated carbocycles. The zero-order valence-electron chi connectivity index (χ0n) is 18.2. The molecule has 4 N–H and O–H groups in total. The van der Waals surface area contributed by atoms with Crippen molar-refractivity contribution in [3.8, 4) is 11.1 Å². The molecule has 0 radical (unpaired) electrons. The Balaban J connectivity index is 2.02. The summed E-state index contributed by atoms with van der Waals surface area (Å²) in [4.78, 5) is 36.3. The van der Waals surface area contributed by atoms with Crippen LogP contribution in [0.25, 0.3) is 11.1 Å². The number of nitrogens with two attached hydrogens (primary N) is 1. The van der Waals surface area contributed by atoms with Crippen LogP contribution in [0.4, 0.5) is 10.1 Å². The summed E-state index contributed by atoms with van der Waals surface area (Å²) >= 11 is 0. The third-order valence-corrected chi connectivity index (χ3v) is 5.18. The second-order valence-corrected chi connectivity index (χ2v) is 7.72. The van der Waals surface area contributed by atoms with E-state index in [0.29, 0.717) is 39.9 Å². The molecule has 170 valence electrons. The van der Waals surface area contributed by atoms with Crippen molar-refractivity contribution in [1.82, 2.24) is 0 Å². The molecule has 6 nitrogen and oxygen atoms in total. The highest BCUT2D eigenvalue weighted by molar-refractivity contribution is 6.06. The van der Waals surface area contributed by atoms with Crippen molar-refractivity contribution in [2.75, 3.05) is 5.32 Å². The summed E-state index contributed by atoms with van der Waals surface area (Å²) in [6.45, 7) is 1.92. The summed E-state index contributed by atoms with van der Waals surface area (Å²) in [5.74, 6) is -1.92. The van der Waals surface area contributed by atoms with E-state index in [4.69, 9.17) is 10.8 Å². The molecule has 0 unspecified atom stereocenters. The van der Waals surface area contributed by atoms with Gasteiger partial charge in [-0.3, -0.25) is 14.4 Å². The number of aliphatic carboxylic acids is 1. The molecule has 0 aliphatic rings. The minimum Gasteiger partial charge on any atom is -0.481 e. The Morgan fingerprint density at radius 2 is 1.64 bits per heavy atom. The van der Waals surface area contributed by atoms with Crippen molar-refractivity contribution in [2.24, 2.45) is 5.73 Å². The number of benzene rings is 3. The number of Topliss-reactive ketones (excluding diaryl/α,β-unsaturated/α-hetero) is 1. The molecular formula is C26H25FN2O4. The Hall–Kier alpha value is -3.84. The summed E-state index contributed by atoms with van der Waals surface area (Å²) in [5, 5.41) is 11.9. The van der Waals surface area contributed by atoms with Gasteiger partial charge in [0, 0.05) is 30.6 Å². The number of carbonyl (C=O) groups excluding carboxylic acids is 2. The zero-order valence-corrected chi connectivity index (χ0v) is 18.2. The lowest BCUT2D eigenvalue weighted by molar-refractivity contribution is -0.136. The van der Waals surface area contributed by atoms with E-state index in [1.807, 2.05) is 0 Å². The first-order valence-corrected chi connectivity index (χ1v) is 10.6. The molecule has 0 spiro atoms. The maximum atomic E-state index is 14.1. The third-order valence-electron chi connectivity index (χ3n) is 5.18. The zero-order chi connectivity index (χ0) is 24.0. The molecule has 1 amide bonds. The second kappa shape index (κ2) is 10.7. The van der Waals surface area contributed by atoms with Crippen LogP contribution in [0.1, 0.15) is 40.4 Å². The molecule has 0 atom stereocenters. The lowest BCUT2D eigenvalue weighted by Gasteiger charge is -2.13. The number of para-hydroxylation sites is 1. The van der Waals surface area contributed by atoms with Gasteiger partial charge in [0.1, 0.15) is 11.6 Å². The third kappa shape index (κ3) is 6.33. The van der Waals surface area contributed by atoms with Crippen molar-refractivity contribution in [2.45, 2.75) is 32.7 Å². The van der Waals surface area contributed by atoms with Crippen molar-refractivity contribution in [1.29, 1.82) is 0 Å². The normalized spacial score (nSPS) is 10.6. The summed E-state index contributed by atoms with van der Waals surface area (Å²) in [6, 6.07) is 16.1. The number of amides is 1. The topological polar surface area (TPSA) is 109 Å². The van der Waals surface area contributed by atoms with Crippen molar-refractivity contribution >= 4 is 23.3 Å². The molecule has 0 aliphatic carbocycles. The Bertz CT molecular complexity index is 1210. The number of halogens is 1. The van der Waals surface area contributed by atoms with E-state index in [9.17, 15) is 18.8 Å². The van der Waals surface area contributed by atoms with Gasteiger partial charge in [0.15, 0.2) is 0 Å². The maximum absolute atomic E-state index is 14.1. The molecule has 33 heavy (non-hydrogen) atoms. The van der Waals surface area contributed by atoms with Crippen LogP contribution in [0.2, 0.25) is 0 Å². The number of rotatable bonds is 9. The van der Waals surface area contributed by atoms with E-state index in [-0.39, 0.29) is 30.7 Å². The number of nitrogens with one attached hydrogen (secondary N) is 1. The van der Waals surface area contributed by atoms with Gasteiger partial charge in [-0.25, -0.2) is 4.39 Å². The molecule has 3 aromatic rings. The first kappa shape index (κ1) is 23.8. The summed E-state index contributed by atoms with van der Waals surface area (Å²) in [7, 11) is 0. The van der Waals surface area contributed by atoms with Gasteiger partial charge in [0.25, 0.3) is 5.91 Å². The van der Waals surface area contributed by atoms with Gasteiger partial charge in [-0.2, -0.15) is 0 Å². The molecule has 0 bridgehead atoms. The number of anilines is 1. The second-order valence-electron chi connectivity index (χ2n) is 7.72. The summed E-state index contributed by atoms with van der Waals surface area (Å²) in [6.07, 6.45) is 0.253. The SMILES string of the molecule is CCC(=O)Cc1cc(C(=O)Nc2ccccc2CC(=O)O)cc(-c2cc(F)cc(CN)c2)c1. The van der Waals surface area contributed by atoms with Crippen LogP contribution in [0.15, 0.2) is 60.7 Å². The Morgan fingerprint density at radius 3 is 2.33 bits per heavy atom. The lowest BCUT2D eigenvalue weighted by atomic mass is 9.95. The molecule has 7 heteroatoms. The van der Waals surface area contributed by atoms with E-state index in [0.717, 1.165) is 0 Å². The Kier molecular flexibility index (Phi) is 7.69. The van der Waals surface area contributed by atoms with E-state index in [1.165, 1.54) is 12.1 Å². The summed E-state index contributed by atoms with van der Waals surface area (Å²) in [5.41, 5.74) is 9.15. The molecule has 0 aromatic heterocycles. The Morgan fingerprint density at radius 1 is 0.939 bits per heavy atom. The van der Waals surface area contributed by atoms with Crippen molar-refractivity contribution in [3.63, 3.8) is 0 Å². The van der Waals surface area contributed by atoms with Crippen LogP contribution in [0, 0.1) is 5.82 Å². The van der Waals surface area contributed by atoms with Crippen LogP contribution in [0.5, 0.6) is 0 Å². The van der Waals surface area contributed by atoms with E-state index >= 15 is 0 Å². The first-order valence-electron chi connectivity index (χ1n) is 10.6. The summed E-state index contributed by atoms with van der Waals surface area (Å²) < 4.78 is 14.1. The monoisotopic (exact) mass is 448 g/mol. The highest BCUT2D eigenvalue weighted by Gasteiger charge is 2.15. The van der Waals surface area contributed by atoms with Crippen LogP contribution in [-0.2, 0) is 29.0 Å². The van der Waals surface area contributed by atoms with Crippen molar-refractivity contribution in [3.05, 3.63) is 88.7 Å². The number of carbonyl (C=O) groups is 3. The van der Waals surface area contributed by atoms with Crippen molar-refractivity contribution < 1.29 is 23.9 Å². The lowest BCUT2D eigenvalue weighted by Crippen LogP contribution is -2.15. The molecule has 0 heterocycles. The highest BCUT2D eigenvalue weighted by atomic mass is 19.1. The maximum Gasteiger partial charge on any atom is 0.307 e. The molecule has 0 aliphatic heterocycles. The Labute approximate surface area is 191 Å². The van der Waals surface area contributed by atoms with Gasteiger partial charge in [-0.15, -0.1) is 0 Å². The molecular weight excluding hydrogens is 423 g/mol. The molecule has 0 fully saturated rings. The largest absolute Gasteiger partial charge is 0.481 e. The predicted octanol–water partition coefficient (Wildman–Crippen LogP) is 4.35. The van der Waals surface area contributed by atoms with Gasteiger partial charge in [0.05, 0.1) is 6.42 Å². The average Bonchev–Trinajstić information content (AvgIpc) is 2.79. The number of hydrogen-bond acceptors (Lipinski definition) is 4. The van der Waals surface area contributed by atoms with Gasteiger partial charge < -0.3 is 16.2 Å². The van der Waals surface area contributed by atoms with Crippen LogP contribution >= 0.6 is 0 Å². The smallest absolute Gasteiger partial charge is 0.307 e. The van der Waals surface area contributed by atoms with Gasteiger partial charge in [-0.1, -0.05) is 31.2 Å². The minimum atomic E-state index is -1.01. The number of carboxylic acids is 1. The fourth-order valence-electron chi connectivity index (χ4n) is 3.53. The number of hydrogen-bond donors (Lipinski definition) is 3. The quantitative estimate of drug-likeness (QED) is 0.451. The molecule has 3 aromatic carbocycles. The average molecular weight is 448 g/mol. The highest BCUT2D eigenvalue weighted by Crippen LogP contribution is 2.26. The fraction of sp³-hybridized carbons (Fsp3) is 0.192. The van der Waals surface area contributed by atoms with Crippen LogP contribution in [0.3, 0.4) is 0 Å². The molecule has 0 saturated heterocycles. The predicted molar refractivity (Wildman–Crippen MR) is 124 cm³/mol. The first-order chi connectivity index (χ1) is 15.8. The number of carboxylic acid groups (broad SMARTS) is 1. The minimum absolute atomic E-state index is 0.00667. The van der Waals surface area contributed by atoms with Gasteiger partial charge in [0.2, 0.25) is 0 Å². The van der Waals surface area contributed by atoms with Crippen LogP contribution in [-0.4, -0.2) is 22.8 Å². The fourth-order valence-corrected chi connectivity index (χ4v) is 3.53. The standard InChI is InChI=1S/C26H25FN2O4/c1-2-23(30)11-16-7-19(20-9-17(15-28)10-22(27)13-20)12-21(8-16)26(33)29-24-6-4-3-5-18(24)14-25(31)32/h3-10,12-13H,2,11,14-15,28H2,1H3,(H,29,33)(H,31,32). The van der Waals surface area contributed by atoms with E-state index < -0.39 is 17.7 Å².